The van der Waals surface area contributed by atoms with Crippen LogP contribution in [0.1, 0.15) is 21.5 Å². The lowest BCUT2D eigenvalue weighted by molar-refractivity contribution is -0.892. The van der Waals surface area contributed by atoms with E-state index in [-0.39, 0.29) is 12.2 Å². The molecular formula is C18H15F4N2O2+. The monoisotopic (exact) mass is 367 g/mol. The second-order valence-electron chi connectivity index (χ2n) is 6.21. The minimum Gasteiger partial charge on any atom is -0.316 e. The smallest absolute Gasteiger partial charge is 0.316 e. The van der Waals surface area contributed by atoms with Gasteiger partial charge in [-0.25, -0.2) is 4.39 Å². The molecule has 0 bridgehead atoms. The summed E-state index contributed by atoms with van der Waals surface area (Å²) in [6.45, 7) is 0.483. The Bertz CT molecular complexity index is 862. The maximum absolute atomic E-state index is 13.3. The lowest BCUT2D eigenvalue weighted by Crippen LogP contribution is -3.09. The maximum atomic E-state index is 13.3. The summed E-state index contributed by atoms with van der Waals surface area (Å²) in [7, 11) is 1.75. The molecule has 26 heavy (non-hydrogen) atoms. The van der Waals surface area contributed by atoms with Gasteiger partial charge in [-0.15, -0.1) is 0 Å². The van der Waals surface area contributed by atoms with Crippen LogP contribution in [0.3, 0.4) is 0 Å². The summed E-state index contributed by atoms with van der Waals surface area (Å²) in [5, 5.41) is 0. The lowest BCUT2D eigenvalue weighted by Gasteiger charge is -2.22. The number of ketones is 1. The average molecular weight is 367 g/mol. The first kappa shape index (κ1) is 18.1. The molecule has 3 rings (SSSR count). The van der Waals surface area contributed by atoms with Gasteiger partial charge in [-0.2, -0.15) is 13.2 Å². The molecule has 2 aromatic rings. The topological polar surface area (TPSA) is 41.8 Å². The molecule has 8 heteroatoms. The minimum atomic E-state index is -4.39. The third-order valence-electron chi connectivity index (χ3n) is 4.15. The van der Waals surface area contributed by atoms with Gasteiger partial charge in [0.15, 0.2) is 6.67 Å². The van der Waals surface area contributed by atoms with Gasteiger partial charge in [-0.3, -0.25) is 14.5 Å². The van der Waals surface area contributed by atoms with E-state index in [1.54, 1.807) is 7.05 Å². The number of amides is 1. The summed E-state index contributed by atoms with van der Waals surface area (Å²) < 4.78 is 51.1. The van der Waals surface area contributed by atoms with Gasteiger partial charge in [-0.1, -0.05) is 12.1 Å². The molecule has 1 atom stereocenters. The second-order valence-corrected chi connectivity index (χ2v) is 6.21. The van der Waals surface area contributed by atoms with Crippen LogP contribution < -0.4 is 9.80 Å². The van der Waals surface area contributed by atoms with Crippen molar-refractivity contribution in [2.45, 2.75) is 12.7 Å². The summed E-state index contributed by atoms with van der Waals surface area (Å²) in [5.41, 5.74) is 0.300. The van der Waals surface area contributed by atoms with Crippen molar-refractivity contribution in [3.05, 3.63) is 65.0 Å². The summed E-state index contributed by atoms with van der Waals surface area (Å²) in [6, 6.07) is 8.35. The van der Waals surface area contributed by atoms with Crippen LogP contribution in [-0.4, -0.2) is 25.4 Å². The Morgan fingerprint density at radius 3 is 2.31 bits per heavy atom. The van der Waals surface area contributed by atoms with Crippen molar-refractivity contribution in [2.75, 3.05) is 18.6 Å². The number of nitrogens with zero attached hydrogens (tertiary/aromatic N) is 1. The van der Waals surface area contributed by atoms with Crippen LogP contribution in [0.4, 0.5) is 23.2 Å². The zero-order chi connectivity index (χ0) is 19.1. The fraction of sp³-hybridized carbons (Fsp3) is 0.222. The fourth-order valence-corrected chi connectivity index (χ4v) is 2.92. The third-order valence-corrected chi connectivity index (χ3v) is 4.15. The van der Waals surface area contributed by atoms with Gasteiger partial charge in [0.2, 0.25) is 0 Å². The van der Waals surface area contributed by atoms with E-state index in [1.807, 2.05) is 0 Å². The van der Waals surface area contributed by atoms with Gasteiger partial charge in [0, 0.05) is 5.56 Å². The van der Waals surface area contributed by atoms with Gasteiger partial charge in [0.1, 0.15) is 12.4 Å². The Morgan fingerprint density at radius 2 is 1.69 bits per heavy atom. The molecular weight excluding hydrogens is 352 g/mol. The molecule has 0 saturated heterocycles. The van der Waals surface area contributed by atoms with E-state index >= 15 is 0 Å². The Morgan fingerprint density at radius 1 is 1.04 bits per heavy atom. The van der Waals surface area contributed by atoms with E-state index in [4.69, 9.17) is 0 Å². The number of Topliss-reactive ketones (excluding diaryl/α,β-unsaturated/α-hetero) is 1. The first-order valence-corrected chi connectivity index (χ1v) is 7.80. The molecule has 0 aromatic heterocycles. The number of benzene rings is 2. The van der Waals surface area contributed by atoms with E-state index < -0.39 is 29.2 Å². The number of alkyl halides is 3. The zero-order valence-corrected chi connectivity index (χ0v) is 13.7. The van der Waals surface area contributed by atoms with E-state index in [0.29, 0.717) is 17.8 Å². The number of carbonyl (C=O) groups is 2. The van der Waals surface area contributed by atoms with Crippen LogP contribution in [0.5, 0.6) is 0 Å². The highest BCUT2D eigenvalue weighted by molar-refractivity contribution is 6.52. The SMILES string of the molecule is C[NH+](Cc1ccc(C(F)(F)F)cc1)CN1C(=O)C(=O)c2cc(F)ccc21. The molecule has 0 spiro atoms. The van der Waals surface area contributed by atoms with Gasteiger partial charge in [0.05, 0.1) is 23.9 Å². The van der Waals surface area contributed by atoms with Crippen molar-refractivity contribution in [1.82, 2.24) is 0 Å². The summed E-state index contributed by atoms with van der Waals surface area (Å²) in [4.78, 5) is 26.1. The molecule has 2 aromatic carbocycles. The van der Waals surface area contributed by atoms with Gasteiger partial charge in [-0.05, 0) is 30.3 Å². The van der Waals surface area contributed by atoms with Gasteiger partial charge >= 0.3 is 12.1 Å². The number of nitrogens with one attached hydrogen (secondary N) is 1. The number of fused-ring (bicyclic) bond motifs is 1. The van der Waals surface area contributed by atoms with E-state index in [2.05, 4.69) is 0 Å². The number of anilines is 1. The molecule has 1 heterocycles. The summed E-state index contributed by atoms with van der Waals surface area (Å²) in [5.74, 6) is -2.10. The number of hydrogen-bond acceptors (Lipinski definition) is 2. The van der Waals surface area contributed by atoms with E-state index in [0.717, 1.165) is 23.1 Å². The summed E-state index contributed by atoms with van der Waals surface area (Å²) >= 11 is 0. The number of hydrogen-bond donors (Lipinski definition) is 1. The molecule has 1 aliphatic rings. The van der Waals surface area contributed by atoms with Crippen LogP contribution in [0.15, 0.2) is 42.5 Å². The maximum Gasteiger partial charge on any atom is 0.416 e. The third kappa shape index (κ3) is 3.45. The molecule has 0 fully saturated rings. The Labute approximate surface area is 146 Å². The largest absolute Gasteiger partial charge is 0.416 e. The summed E-state index contributed by atoms with van der Waals surface area (Å²) in [6.07, 6.45) is -4.39. The highest BCUT2D eigenvalue weighted by Gasteiger charge is 2.37. The predicted molar refractivity (Wildman–Crippen MR) is 85.1 cm³/mol. The number of halogens is 4. The van der Waals surface area contributed by atoms with Gasteiger partial charge in [0.25, 0.3) is 5.78 Å². The first-order chi connectivity index (χ1) is 12.2. The number of quaternary nitrogens is 1. The van der Waals surface area contributed by atoms with Gasteiger partial charge < -0.3 is 4.90 Å². The Balaban J connectivity index is 1.72. The van der Waals surface area contributed by atoms with E-state index in [1.165, 1.54) is 29.2 Å². The first-order valence-electron chi connectivity index (χ1n) is 7.80. The van der Waals surface area contributed by atoms with Crippen LogP contribution >= 0.6 is 0 Å². The van der Waals surface area contributed by atoms with Crippen LogP contribution in [0.25, 0.3) is 0 Å². The second kappa shape index (κ2) is 6.53. The van der Waals surface area contributed by atoms with Crippen molar-refractivity contribution < 1.29 is 32.1 Å². The highest BCUT2D eigenvalue weighted by Crippen LogP contribution is 2.29. The van der Waals surface area contributed by atoms with E-state index in [9.17, 15) is 27.2 Å². The Kier molecular flexibility index (Phi) is 4.53. The quantitative estimate of drug-likeness (QED) is 0.664. The molecule has 1 unspecified atom stereocenters. The van der Waals surface area contributed by atoms with Crippen molar-refractivity contribution in [1.29, 1.82) is 0 Å². The number of carbonyl (C=O) groups excluding carboxylic acids is 2. The van der Waals surface area contributed by atoms with Crippen LogP contribution in [0.2, 0.25) is 0 Å². The average Bonchev–Trinajstić information content (AvgIpc) is 2.79. The molecule has 1 amide bonds. The fourth-order valence-electron chi connectivity index (χ4n) is 2.92. The molecule has 0 aliphatic carbocycles. The molecule has 4 nitrogen and oxygen atoms in total. The van der Waals surface area contributed by atoms with Crippen molar-refractivity contribution in [3.8, 4) is 0 Å². The van der Waals surface area contributed by atoms with Crippen molar-refractivity contribution in [3.63, 3.8) is 0 Å². The standard InChI is InChI=1S/C18H14F4N2O2/c1-23(9-11-2-4-12(5-3-11)18(20,21)22)10-24-15-7-6-13(19)8-14(15)16(25)17(24)26/h2-8H,9-10H2,1H3/p+1. The lowest BCUT2D eigenvalue weighted by atomic mass is 10.1. The Hall–Kier alpha value is -2.74. The molecule has 136 valence electrons. The minimum absolute atomic E-state index is 0.0253. The number of rotatable bonds is 4. The van der Waals surface area contributed by atoms with Crippen molar-refractivity contribution in [2.24, 2.45) is 0 Å². The van der Waals surface area contributed by atoms with Crippen molar-refractivity contribution >= 4 is 17.4 Å². The molecule has 1 aliphatic heterocycles. The van der Waals surface area contributed by atoms with Crippen LogP contribution in [-0.2, 0) is 17.5 Å². The molecule has 1 N–H and O–H groups in total. The highest BCUT2D eigenvalue weighted by atomic mass is 19.4. The molecule has 0 radical (unpaired) electrons. The zero-order valence-electron chi connectivity index (χ0n) is 13.7. The van der Waals surface area contributed by atoms with Crippen LogP contribution in [0, 0.1) is 5.82 Å². The predicted octanol–water partition coefficient (Wildman–Crippen LogP) is 2.05. The normalized spacial score (nSPS) is 15.3. The molecule has 0 saturated carbocycles.